The Morgan fingerprint density at radius 1 is 1.33 bits per heavy atom. The Labute approximate surface area is 67.5 Å². The van der Waals surface area contributed by atoms with Crippen molar-refractivity contribution in [2.45, 2.75) is 0 Å². The predicted octanol–water partition coefficient (Wildman–Crippen LogP) is 0.831. The van der Waals surface area contributed by atoms with Crippen LogP contribution in [0.3, 0.4) is 0 Å². The first kappa shape index (κ1) is 8.45. The molecule has 0 saturated heterocycles. The molecule has 12 heavy (non-hydrogen) atoms. The van der Waals surface area contributed by atoms with E-state index in [1.54, 1.807) is 0 Å². The highest BCUT2D eigenvalue weighted by atomic mass is 19.1. The number of amidine groups is 1. The lowest BCUT2D eigenvalue weighted by Crippen LogP contribution is -2.16. The van der Waals surface area contributed by atoms with Crippen LogP contribution >= 0.6 is 0 Å². The fraction of sp³-hybridized carbons (Fsp3) is 0. The summed E-state index contributed by atoms with van der Waals surface area (Å²) in [5, 5.41) is 6.92. The molecule has 0 aliphatic carbocycles. The Morgan fingerprint density at radius 3 is 2.33 bits per heavy atom. The Balaban J connectivity index is 3.38. The second-order valence-corrected chi connectivity index (χ2v) is 2.27. The molecule has 0 radical (unpaired) electrons. The van der Waals surface area contributed by atoms with E-state index >= 15 is 0 Å². The molecule has 0 aliphatic heterocycles. The number of rotatable bonds is 1. The van der Waals surface area contributed by atoms with Gasteiger partial charge >= 0.3 is 0 Å². The summed E-state index contributed by atoms with van der Waals surface area (Å²) in [4.78, 5) is 0. The average Bonchev–Trinajstić information content (AvgIpc) is 1.82. The van der Waals surface area contributed by atoms with Gasteiger partial charge in [-0.1, -0.05) is 0 Å². The topological polar surface area (TPSA) is 75.9 Å². The minimum Gasteiger partial charge on any atom is -0.398 e. The Kier molecular flexibility index (Phi) is 1.95. The smallest absolute Gasteiger partial charge is 0.139 e. The number of halogens is 2. The fourth-order valence-corrected chi connectivity index (χ4v) is 0.878. The summed E-state index contributed by atoms with van der Waals surface area (Å²) >= 11 is 0. The molecule has 0 unspecified atom stereocenters. The van der Waals surface area contributed by atoms with Gasteiger partial charge in [0.05, 0.1) is 5.56 Å². The third-order valence-electron chi connectivity index (χ3n) is 1.35. The SMILES string of the molecule is N=C(N)c1c(N)cc(F)cc1F. The number of anilines is 1. The number of nitrogen functional groups attached to an aromatic ring is 2. The van der Waals surface area contributed by atoms with Crippen molar-refractivity contribution >= 4 is 11.5 Å². The Morgan fingerprint density at radius 2 is 1.92 bits per heavy atom. The molecule has 1 aromatic rings. The molecule has 0 amide bonds. The number of hydrogen-bond acceptors (Lipinski definition) is 2. The van der Waals surface area contributed by atoms with Gasteiger partial charge in [-0.05, 0) is 6.07 Å². The van der Waals surface area contributed by atoms with Crippen LogP contribution in [0.5, 0.6) is 0 Å². The van der Waals surface area contributed by atoms with Crippen LogP contribution in [0.1, 0.15) is 5.56 Å². The number of nitrogens with two attached hydrogens (primary N) is 2. The van der Waals surface area contributed by atoms with Crippen molar-refractivity contribution in [3.63, 3.8) is 0 Å². The zero-order valence-corrected chi connectivity index (χ0v) is 6.07. The maximum Gasteiger partial charge on any atom is 0.139 e. The van der Waals surface area contributed by atoms with Crippen molar-refractivity contribution in [1.29, 1.82) is 5.41 Å². The predicted molar refractivity (Wildman–Crippen MR) is 41.8 cm³/mol. The first-order valence-corrected chi connectivity index (χ1v) is 3.11. The van der Waals surface area contributed by atoms with Gasteiger partial charge in [0.15, 0.2) is 0 Å². The first-order chi connectivity index (χ1) is 5.52. The van der Waals surface area contributed by atoms with Gasteiger partial charge in [-0.3, -0.25) is 5.41 Å². The van der Waals surface area contributed by atoms with E-state index in [1.807, 2.05) is 0 Å². The van der Waals surface area contributed by atoms with E-state index in [4.69, 9.17) is 16.9 Å². The Hall–Kier alpha value is -1.65. The molecule has 64 valence electrons. The average molecular weight is 171 g/mol. The fourth-order valence-electron chi connectivity index (χ4n) is 0.878. The van der Waals surface area contributed by atoms with Crippen molar-refractivity contribution in [2.24, 2.45) is 5.73 Å². The molecule has 5 N–H and O–H groups in total. The van der Waals surface area contributed by atoms with Gasteiger partial charge in [-0.15, -0.1) is 0 Å². The monoisotopic (exact) mass is 171 g/mol. The molecule has 1 rings (SSSR count). The highest BCUT2D eigenvalue weighted by molar-refractivity contribution is 6.00. The number of nitrogens with one attached hydrogen (secondary N) is 1. The molecule has 0 atom stereocenters. The van der Waals surface area contributed by atoms with Crippen molar-refractivity contribution in [3.05, 3.63) is 29.3 Å². The summed E-state index contributed by atoms with van der Waals surface area (Å²) in [6, 6.07) is 1.55. The molecule has 1 aromatic carbocycles. The molecule has 0 saturated carbocycles. The van der Waals surface area contributed by atoms with Gasteiger partial charge < -0.3 is 11.5 Å². The van der Waals surface area contributed by atoms with Gasteiger partial charge in [-0.25, -0.2) is 8.78 Å². The van der Waals surface area contributed by atoms with Gasteiger partial charge in [0.1, 0.15) is 17.5 Å². The molecular formula is C7H7F2N3. The standard InChI is InChI=1S/C7H7F2N3/c8-3-1-4(9)6(7(11)12)5(10)2-3/h1-2H,10H2,(H3,11,12). The van der Waals surface area contributed by atoms with E-state index in [1.165, 1.54) is 0 Å². The van der Waals surface area contributed by atoms with Gasteiger partial charge in [0.25, 0.3) is 0 Å². The molecule has 0 aliphatic rings. The summed E-state index contributed by atoms with van der Waals surface area (Å²) in [6.07, 6.45) is 0. The lowest BCUT2D eigenvalue weighted by molar-refractivity contribution is 0.583. The van der Waals surface area contributed by atoms with Gasteiger partial charge in [0.2, 0.25) is 0 Å². The molecule has 0 aromatic heterocycles. The summed E-state index contributed by atoms with van der Waals surface area (Å²) in [5.74, 6) is -2.21. The summed E-state index contributed by atoms with van der Waals surface area (Å²) in [7, 11) is 0. The van der Waals surface area contributed by atoms with Crippen molar-refractivity contribution in [3.8, 4) is 0 Å². The zero-order valence-electron chi connectivity index (χ0n) is 6.07. The zero-order chi connectivity index (χ0) is 9.30. The van der Waals surface area contributed by atoms with Crippen LogP contribution in [0.25, 0.3) is 0 Å². The second kappa shape index (κ2) is 2.77. The van der Waals surface area contributed by atoms with Crippen molar-refractivity contribution in [1.82, 2.24) is 0 Å². The lowest BCUT2D eigenvalue weighted by Gasteiger charge is -2.04. The molecule has 0 fully saturated rings. The van der Waals surface area contributed by atoms with Crippen LogP contribution in [0.2, 0.25) is 0 Å². The first-order valence-electron chi connectivity index (χ1n) is 3.11. The van der Waals surface area contributed by atoms with Crippen LogP contribution in [-0.4, -0.2) is 5.84 Å². The maximum absolute atomic E-state index is 12.8. The van der Waals surface area contributed by atoms with Crippen molar-refractivity contribution < 1.29 is 8.78 Å². The van der Waals surface area contributed by atoms with Crippen LogP contribution in [0.15, 0.2) is 12.1 Å². The molecule has 0 bridgehead atoms. The van der Waals surface area contributed by atoms with E-state index < -0.39 is 17.5 Å². The molecule has 0 spiro atoms. The van der Waals surface area contributed by atoms with Crippen LogP contribution < -0.4 is 11.5 Å². The summed E-state index contributed by atoms with van der Waals surface area (Å²) in [5.41, 5.74) is 9.81. The third-order valence-corrected chi connectivity index (χ3v) is 1.35. The third kappa shape index (κ3) is 1.34. The van der Waals surface area contributed by atoms with Crippen LogP contribution in [0, 0.1) is 17.0 Å². The van der Waals surface area contributed by atoms with Crippen LogP contribution in [-0.2, 0) is 0 Å². The normalized spacial score (nSPS) is 9.83. The van der Waals surface area contributed by atoms with Gasteiger partial charge in [-0.2, -0.15) is 0 Å². The number of hydrogen-bond donors (Lipinski definition) is 3. The second-order valence-electron chi connectivity index (χ2n) is 2.27. The van der Waals surface area contributed by atoms with E-state index in [-0.39, 0.29) is 11.3 Å². The molecule has 5 heteroatoms. The Bertz CT molecular complexity index is 312. The highest BCUT2D eigenvalue weighted by Crippen LogP contribution is 2.16. The highest BCUT2D eigenvalue weighted by Gasteiger charge is 2.10. The van der Waals surface area contributed by atoms with Crippen molar-refractivity contribution in [2.75, 3.05) is 5.73 Å². The lowest BCUT2D eigenvalue weighted by atomic mass is 10.1. The van der Waals surface area contributed by atoms with Gasteiger partial charge in [0, 0.05) is 11.8 Å². The molecular weight excluding hydrogens is 164 g/mol. The van der Waals surface area contributed by atoms with E-state index in [0.29, 0.717) is 6.07 Å². The van der Waals surface area contributed by atoms with Crippen LogP contribution in [0.4, 0.5) is 14.5 Å². The minimum atomic E-state index is -0.917. The largest absolute Gasteiger partial charge is 0.398 e. The van der Waals surface area contributed by atoms with E-state index in [2.05, 4.69) is 0 Å². The number of benzene rings is 1. The van der Waals surface area contributed by atoms with E-state index in [9.17, 15) is 8.78 Å². The molecule has 0 heterocycles. The summed E-state index contributed by atoms with van der Waals surface area (Å²) < 4.78 is 25.3. The minimum absolute atomic E-state index is 0.167. The quantitative estimate of drug-likeness (QED) is 0.332. The summed E-state index contributed by atoms with van der Waals surface area (Å²) in [6.45, 7) is 0. The maximum atomic E-state index is 12.8. The van der Waals surface area contributed by atoms with E-state index in [0.717, 1.165) is 6.07 Å². The molecule has 3 nitrogen and oxygen atoms in total.